The third kappa shape index (κ3) is 4.19. The summed E-state index contributed by atoms with van der Waals surface area (Å²) in [7, 11) is 0. The van der Waals surface area contributed by atoms with Gasteiger partial charge >= 0.3 is 0 Å². The fraction of sp³-hybridized carbons (Fsp3) is 0.118. The standard InChI is InChI=1S/C17H13ClF2N4O/c18-14-6-16(20)15(19)5-13(14)17(25)22-7-11-1-3-12(4-2-11)8-24-10-21-9-23-24/h1-6,9-10H,7-8H2,(H,22,25). The minimum absolute atomic E-state index is 0.108. The zero-order valence-electron chi connectivity index (χ0n) is 12.9. The van der Waals surface area contributed by atoms with Gasteiger partial charge in [0.15, 0.2) is 11.6 Å². The van der Waals surface area contributed by atoms with Crippen molar-refractivity contribution >= 4 is 17.5 Å². The van der Waals surface area contributed by atoms with Crippen LogP contribution in [-0.2, 0) is 13.1 Å². The largest absolute Gasteiger partial charge is 0.348 e. The lowest BCUT2D eigenvalue weighted by Crippen LogP contribution is -2.23. The molecule has 5 nitrogen and oxygen atoms in total. The summed E-state index contributed by atoms with van der Waals surface area (Å²) >= 11 is 5.79. The summed E-state index contributed by atoms with van der Waals surface area (Å²) in [6.07, 6.45) is 3.09. The molecule has 0 aliphatic carbocycles. The minimum Gasteiger partial charge on any atom is -0.348 e. The van der Waals surface area contributed by atoms with Gasteiger partial charge in [0, 0.05) is 6.54 Å². The first-order valence-electron chi connectivity index (χ1n) is 7.36. The third-order valence-electron chi connectivity index (χ3n) is 3.54. The average Bonchev–Trinajstić information content (AvgIpc) is 3.10. The molecule has 25 heavy (non-hydrogen) atoms. The normalized spacial score (nSPS) is 10.7. The van der Waals surface area contributed by atoms with Gasteiger partial charge in [0.05, 0.1) is 17.1 Å². The second-order valence-electron chi connectivity index (χ2n) is 5.34. The minimum atomic E-state index is -1.12. The van der Waals surface area contributed by atoms with Crippen molar-refractivity contribution in [3.63, 3.8) is 0 Å². The molecule has 0 radical (unpaired) electrons. The predicted molar refractivity (Wildman–Crippen MR) is 88.1 cm³/mol. The van der Waals surface area contributed by atoms with E-state index in [4.69, 9.17) is 11.6 Å². The first-order valence-corrected chi connectivity index (χ1v) is 7.73. The number of hydrogen-bond acceptors (Lipinski definition) is 3. The van der Waals surface area contributed by atoms with Gasteiger partial charge in [0.1, 0.15) is 12.7 Å². The Bertz CT molecular complexity index is 882. The Labute approximate surface area is 147 Å². The first-order chi connectivity index (χ1) is 12.0. The van der Waals surface area contributed by atoms with Crippen LogP contribution in [-0.4, -0.2) is 20.7 Å². The maximum Gasteiger partial charge on any atom is 0.253 e. The Morgan fingerprint density at radius 2 is 1.80 bits per heavy atom. The summed E-state index contributed by atoms with van der Waals surface area (Å²) < 4.78 is 28.0. The van der Waals surface area contributed by atoms with E-state index in [0.29, 0.717) is 6.54 Å². The fourth-order valence-corrected chi connectivity index (χ4v) is 2.47. The highest BCUT2D eigenvalue weighted by Crippen LogP contribution is 2.20. The number of benzene rings is 2. The predicted octanol–water partition coefficient (Wildman–Crippen LogP) is 3.19. The van der Waals surface area contributed by atoms with Gasteiger partial charge in [-0.3, -0.25) is 4.79 Å². The molecule has 1 heterocycles. The number of aromatic nitrogens is 3. The van der Waals surface area contributed by atoms with Gasteiger partial charge in [-0.2, -0.15) is 5.10 Å². The molecule has 3 aromatic rings. The van der Waals surface area contributed by atoms with Crippen LogP contribution >= 0.6 is 11.6 Å². The van der Waals surface area contributed by atoms with E-state index in [2.05, 4.69) is 15.4 Å². The van der Waals surface area contributed by atoms with Crippen LogP contribution in [0.5, 0.6) is 0 Å². The van der Waals surface area contributed by atoms with Crippen LogP contribution in [0.25, 0.3) is 0 Å². The smallest absolute Gasteiger partial charge is 0.253 e. The summed E-state index contributed by atoms with van der Waals surface area (Å²) in [5.41, 5.74) is 1.78. The Balaban J connectivity index is 1.61. The van der Waals surface area contributed by atoms with E-state index in [1.165, 1.54) is 6.33 Å². The number of halogens is 3. The van der Waals surface area contributed by atoms with Crippen LogP contribution in [0.15, 0.2) is 49.1 Å². The molecule has 3 rings (SSSR count). The van der Waals surface area contributed by atoms with Crippen molar-refractivity contribution in [3.8, 4) is 0 Å². The molecule has 1 amide bonds. The molecule has 0 aliphatic heterocycles. The van der Waals surface area contributed by atoms with E-state index < -0.39 is 17.5 Å². The molecule has 8 heteroatoms. The number of amides is 1. The summed E-state index contributed by atoms with van der Waals surface area (Å²) in [4.78, 5) is 16.0. The highest BCUT2D eigenvalue weighted by atomic mass is 35.5. The molecule has 0 bridgehead atoms. The second kappa shape index (κ2) is 7.40. The van der Waals surface area contributed by atoms with Crippen LogP contribution in [0, 0.1) is 11.6 Å². The first kappa shape index (κ1) is 17.0. The quantitative estimate of drug-likeness (QED) is 0.709. The molecular weight excluding hydrogens is 350 g/mol. The second-order valence-corrected chi connectivity index (χ2v) is 5.75. The monoisotopic (exact) mass is 362 g/mol. The molecule has 128 valence electrons. The molecule has 0 atom stereocenters. The molecule has 0 fully saturated rings. The number of nitrogens with one attached hydrogen (secondary N) is 1. The zero-order chi connectivity index (χ0) is 17.8. The molecule has 1 aromatic heterocycles. The number of rotatable bonds is 5. The van der Waals surface area contributed by atoms with E-state index >= 15 is 0 Å². The summed E-state index contributed by atoms with van der Waals surface area (Å²) in [6, 6.07) is 9.11. The summed E-state index contributed by atoms with van der Waals surface area (Å²) in [5, 5.41) is 6.52. The molecule has 2 aromatic carbocycles. The van der Waals surface area contributed by atoms with Crippen LogP contribution in [0.3, 0.4) is 0 Å². The van der Waals surface area contributed by atoms with E-state index in [-0.39, 0.29) is 17.1 Å². The van der Waals surface area contributed by atoms with Gasteiger partial charge in [0.25, 0.3) is 5.91 Å². The van der Waals surface area contributed by atoms with E-state index in [1.54, 1.807) is 11.0 Å². The summed E-state index contributed by atoms with van der Waals surface area (Å²) in [5.74, 6) is -2.79. The van der Waals surface area contributed by atoms with E-state index in [9.17, 15) is 13.6 Å². The molecular formula is C17H13ClF2N4O. The maximum absolute atomic E-state index is 13.3. The topological polar surface area (TPSA) is 59.8 Å². The fourth-order valence-electron chi connectivity index (χ4n) is 2.24. The average molecular weight is 363 g/mol. The Kier molecular flexibility index (Phi) is 5.04. The van der Waals surface area contributed by atoms with Crippen molar-refractivity contribution in [2.75, 3.05) is 0 Å². The Morgan fingerprint density at radius 3 is 2.48 bits per heavy atom. The van der Waals surface area contributed by atoms with Crippen LogP contribution in [0.2, 0.25) is 5.02 Å². The van der Waals surface area contributed by atoms with Gasteiger partial charge in [0.2, 0.25) is 0 Å². The van der Waals surface area contributed by atoms with Crippen molar-refractivity contribution in [2.24, 2.45) is 0 Å². The lowest BCUT2D eigenvalue weighted by atomic mass is 10.1. The van der Waals surface area contributed by atoms with Crippen molar-refractivity contribution in [1.82, 2.24) is 20.1 Å². The maximum atomic E-state index is 13.3. The van der Waals surface area contributed by atoms with Crippen molar-refractivity contribution in [3.05, 3.63) is 82.4 Å². The van der Waals surface area contributed by atoms with Crippen molar-refractivity contribution in [2.45, 2.75) is 13.1 Å². The van der Waals surface area contributed by atoms with Gasteiger partial charge in [-0.05, 0) is 23.3 Å². The van der Waals surface area contributed by atoms with Gasteiger partial charge in [-0.25, -0.2) is 18.4 Å². The third-order valence-corrected chi connectivity index (χ3v) is 3.85. The van der Waals surface area contributed by atoms with Crippen molar-refractivity contribution < 1.29 is 13.6 Å². The van der Waals surface area contributed by atoms with Gasteiger partial charge in [-0.1, -0.05) is 35.9 Å². The highest BCUT2D eigenvalue weighted by molar-refractivity contribution is 6.33. The number of carbonyl (C=O) groups excluding carboxylic acids is 1. The van der Waals surface area contributed by atoms with Crippen molar-refractivity contribution in [1.29, 1.82) is 0 Å². The lowest BCUT2D eigenvalue weighted by molar-refractivity contribution is 0.0950. The Morgan fingerprint density at radius 1 is 1.12 bits per heavy atom. The molecule has 0 saturated heterocycles. The lowest BCUT2D eigenvalue weighted by Gasteiger charge is -2.08. The van der Waals surface area contributed by atoms with E-state index in [1.807, 2.05) is 24.3 Å². The Hall–Kier alpha value is -2.80. The number of carbonyl (C=O) groups is 1. The van der Waals surface area contributed by atoms with Crippen LogP contribution < -0.4 is 5.32 Å². The highest BCUT2D eigenvalue weighted by Gasteiger charge is 2.14. The molecule has 0 unspecified atom stereocenters. The SMILES string of the molecule is O=C(NCc1ccc(Cn2cncn2)cc1)c1cc(F)c(F)cc1Cl. The van der Waals surface area contributed by atoms with Gasteiger partial charge in [-0.15, -0.1) is 0 Å². The summed E-state index contributed by atoms with van der Waals surface area (Å²) in [6.45, 7) is 0.828. The molecule has 0 aliphatic rings. The zero-order valence-corrected chi connectivity index (χ0v) is 13.7. The van der Waals surface area contributed by atoms with Gasteiger partial charge < -0.3 is 5.32 Å². The molecule has 0 saturated carbocycles. The number of hydrogen-bond donors (Lipinski definition) is 1. The molecule has 1 N–H and O–H groups in total. The van der Waals surface area contributed by atoms with E-state index in [0.717, 1.165) is 23.3 Å². The van der Waals surface area contributed by atoms with Crippen LogP contribution in [0.4, 0.5) is 8.78 Å². The molecule has 0 spiro atoms. The van der Waals surface area contributed by atoms with Crippen LogP contribution in [0.1, 0.15) is 21.5 Å². The number of nitrogens with zero attached hydrogens (tertiary/aromatic N) is 3.